The highest BCUT2D eigenvalue weighted by Gasteiger charge is 2.21. The lowest BCUT2D eigenvalue weighted by molar-refractivity contribution is -0.126. The van der Waals surface area contributed by atoms with Gasteiger partial charge in [0.1, 0.15) is 5.75 Å². The number of nitrogens with one attached hydrogen (secondary N) is 3. The van der Waals surface area contributed by atoms with Crippen molar-refractivity contribution in [1.82, 2.24) is 16.2 Å². The normalized spacial score (nSPS) is 14.6. The van der Waals surface area contributed by atoms with Gasteiger partial charge < -0.3 is 4.74 Å². The Balaban J connectivity index is 1.82. The van der Waals surface area contributed by atoms with Crippen LogP contribution in [0, 0.1) is 9.49 Å². The zero-order chi connectivity index (χ0) is 17.5. The van der Waals surface area contributed by atoms with E-state index in [0.717, 1.165) is 29.3 Å². The number of hydrogen-bond donors (Lipinski definition) is 3. The summed E-state index contributed by atoms with van der Waals surface area (Å²) in [6.45, 7) is 0. The van der Waals surface area contributed by atoms with E-state index in [0.29, 0.717) is 11.3 Å². The monoisotopic (exact) mass is 461 g/mol. The Kier molecular flexibility index (Phi) is 7.22. The maximum absolute atomic E-state index is 12.2. The van der Waals surface area contributed by atoms with Crippen LogP contribution in [0.4, 0.5) is 0 Å². The molecule has 0 unspecified atom stereocenters. The van der Waals surface area contributed by atoms with Crippen molar-refractivity contribution in [3.05, 3.63) is 27.3 Å². The summed E-state index contributed by atoms with van der Waals surface area (Å²) in [6.07, 6.45) is 5.14. The second-order valence-corrected chi connectivity index (χ2v) is 7.15. The summed E-state index contributed by atoms with van der Waals surface area (Å²) in [5.41, 5.74) is 5.62. The molecular formula is C16H20IN3O3S. The molecule has 24 heavy (non-hydrogen) atoms. The standard InChI is InChI=1S/C16H20IN3O3S/c1-23-13-8-7-11(9-12(13)17)14(21)18-16(24)20-19-15(22)10-5-3-2-4-6-10/h7-10H,2-6H2,1H3,(H,19,22)(H2,18,20,21,24). The van der Waals surface area contributed by atoms with Crippen molar-refractivity contribution in [2.45, 2.75) is 32.1 Å². The van der Waals surface area contributed by atoms with Gasteiger partial charge in [0, 0.05) is 11.5 Å². The Hall–Kier alpha value is -1.42. The maximum atomic E-state index is 12.2. The first-order valence-corrected chi connectivity index (χ1v) is 9.24. The molecule has 0 atom stereocenters. The van der Waals surface area contributed by atoms with Crippen LogP contribution in [-0.2, 0) is 4.79 Å². The van der Waals surface area contributed by atoms with Crippen molar-refractivity contribution in [3.8, 4) is 5.75 Å². The highest BCUT2D eigenvalue weighted by atomic mass is 127. The van der Waals surface area contributed by atoms with E-state index in [-0.39, 0.29) is 22.8 Å². The average Bonchev–Trinajstić information content (AvgIpc) is 2.60. The van der Waals surface area contributed by atoms with Crippen molar-refractivity contribution in [2.24, 2.45) is 5.92 Å². The summed E-state index contributed by atoms with van der Waals surface area (Å²) in [7, 11) is 1.57. The van der Waals surface area contributed by atoms with Crippen LogP contribution in [0.25, 0.3) is 0 Å². The van der Waals surface area contributed by atoms with Crippen LogP contribution < -0.4 is 20.9 Å². The number of benzene rings is 1. The number of methoxy groups -OCH3 is 1. The van der Waals surface area contributed by atoms with Gasteiger partial charge in [-0.2, -0.15) is 0 Å². The molecule has 3 N–H and O–H groups in total. The highest BCUT2D eigenvalue weighted by Crippen LogP contribution is 2.23. The van der Waals surface area contributed by atoms with E-state index in [1.807, 2.05) is 0 Å². The maximum Gasteiger partial charge on any atom is 0.257 e. The molecule has 2 amide bonds. The first kappa shape index (κ1) is 18.9. The summed E-state index contributed by atoms with van der Waals surface area (Å²) in [6, 6.07) is 5.08. The molecule has 1 aromatic rings. The minimum atomic E-state index is -0.347. The number of hydrazine groups is 1. The largest absolute Gasteiger partial charge is 0.496 e. The van der Waals surface area contributed by atoms with Gasteiger partial charge in [0.05, 0.1) is 10.7 Å². The first-order chi connectivity index (χ1) is 11.5. The van der Waals surface area contributed by atoms with Crippen molar-refractivity contribution in [2.75, 3.05) is 7.11 Å². The second-order valence-electron chi connectivity index (χ2n) is 5.58. The van der Waals surface area contributed by atoms with Gasteiger partial charge in [-0.3, -0.25) is 25.8 Å². The molecule has 1 saturated carbocycles. The summed E-state index contributed by atoms with van der Waals surface area (Å²) >= 11 is 7.14. The van der Waals surface area contributed by atoms with Gasteiger partial charge in [0.2, 0.25) is 5.91 Å². The van der Waals surface area contributed by atoms with E-state index >= 15 is 0 Å². The van der Waals surface area contributed by atoms with Crippen LogP contribution in [0.3, 0.4) is 0 Å². The molecule has 2 rings (SSSR count). The molecule has 1 aromatic carbocycles. The zero-order valence-corrected chi connectivity index (χ0v) is 16.3. The van der Waals surface area contributed by atoms with Gasteiger partial charge in [0.15, 0.2) is 5.11 Å². The van der Waals surface area contributed by atoms with Crippen LogP contribution in [0.1, 0.15) is 42.5 Å². The molecule has 0 heterocycles. The van der Waals surface area contributed by atoms with Crippen molar-refractivity contribution >= 4 is 51.7 Å². The zero-order valence-electron chi connectivity index (χ0n) is 13.4. The minimum absolute atomic E-state index is 0.0212. The summed E-state index contributed by atoms with van der Waals surface area (Å²) in [4.78, 5) is 24.2. The Morgan fingerprint density at radius 3 is 2.54 bits per heavy atom. The predicted molar refractivity (Wildman–Crippen MR) is 104 cm³/mol. The number of hydrogen-bond acceptors (Lipinski definition) is 4. The van der Waals surface area contributed by atoms with E-state index in [1.54, 1.807) is 25.3 Å². The van der Waals surface area contributed by atoms with Crippen LogP contribution in [0.15, 0.2) is 18.2 Å². The van der Waals surface area contributed by atoms with E-state index < -0.39 is 0 Å². The smallest absolute Gasteiger partial charge is 0.257 e. The molecule has 1 fully saturated rings. The van der Waals surface area contributed by atoms with Crippen molar-refractivity contribution < 1.29 is 14.3 Å². The predicted octanol–water partition coefficient (Wildman–Crippen LogP) is 2.52. The topological polar surface area (TPSA) is 79.5 Å². The van der Waals surface area contributed by atoms with Gasteiger partial charge in [-0.25, -0.2) is 0 Å². The van der Waals surface area contributed by atoms with Gasteiger partial charge in [0.25, 0.3) is 5.91 Å². The Morgan fingerprint density at radius 1 is 1.21 bits per heavy atom. The number of ether oxygens (including phenoxy) is 1. The molecule has 1 aliphatic rings. The second kappa shape index (κ2) is 9.16. The summed E-state index contributed by atoms with van der Waals surface area (Å²) in [5.74, 6) is 0.297. The van der Waals surface area contributed by atoms with E-state index in [4.69, 9.17) is 17.0 Å². The Labute approximate surface area is 160 Å². The number of amides is 2. The lowest BCUT2D eigenvalue weighted by atomic mass is 9.89. The molecule has 0 saturated heterocycles. The third kappa shape index (κ3) is 5.30. The fourth-order valence-electron chi connectivity index (χ4n) is 2.60. The third-order valence-electron chi connectivity index (χ3n) is 3.92. The van der Waals surface area contributed by atoms with Crippen molar-refractivity contribution in [3.63, 3.8) is 0 Å². The Bertz CT molecular complexity index is 633. The molecule has 0 spiro atoms. The quantitative estimate of drug-likeness (QED) is 0.367. The molecule has 0 aliphatic heterocycles. The average molecular weight is 461 g/mol. The Morgan fingerprint density at radius 2 is 1.92 bits per heavy atom. The molecule has 6 nitrogen and oxygen atoms in total. The number of rotatable bonds is 3. The molecule has 8 heteroatoms. The molecule has 0 radical (unpaired) electrons. The van der Waals surface area contributed by atoms with E-state index in [1.165, 1.54) is 6.42 Å². The van der Waals surface area contributed by atoms with Crippen molar-refractivity contribution in [1.29, 1.82) is 0 Å². The highest BCUT2D eigenvalue weighted by molar-refractivity contribution is 14.1. The van der Waals surface area contributed by atoms with Gasteiger partial charge in [-0.1, -0.05) is 19.3 Å². The van der Waals surface area contributed by atoms with E-state index in [9.17, 15) is 9.59 Å². The first-order valence-electron chi connectivity index (χ1n) is 7.76. The number of halogens is 1. The fraction of sp³-hybridized carbons (Fsp3) is 0.438. The van der Waals surface area contributed by atoms with Crippen LogP contribution in [-0.4, -0.2) is 24.0 Å². The molecule has 0 aromatic heterocycles. The number of carbonyl (C=O) groups excluding carboxylic acids is 2. The SMILES string of the molecule is COc1ccc(C(=O)NC(=S)NNC(=O)C2CCCCC2)cc1I. The summed E-state index contributed by atoms with van der Waals surface area (Å²) < 4.78 is 5.98. The third-order valence-corrected chi connectivity index (χ3v) is 4.96. The molecule has 130 valence electrons. The summed E-state index contributed by atoms with van der Waals surface area (Å²) in [5, 5.41) is 2.61. The van der Waals surface area contributed by atoms with Crippen LogP contribution >= 0.6 is 34.8 Å². The molecule has 0 bridgehead atoms. The van der Waals surface area contributed by atoms with E-state index in [2.05, 4.69) is 38.8 Å². The lowest BCUT2D eigenvalue weighted by Crippen LogP contribution is -2.50. The fourth-order valence-corrected chi connectivity index (χ4v) is 3.48. The van der Waals surface area contributed by atoms with Crippen LogP contribution in [0.2, 0.25) is 0 Å². The minimum Gasteiger partial charge on any atom is -0.496 e. The van der Waals surface area contributed by atoms with Gasteiger partial charge in [-0.15, -0.1) is 0 Å². The number of thiocarbonyl (C=S) groups is 1. The number of carbonyl (C=O) groups is 2. The van der Waals surface area contributed by atoms with Gasteiger partial charge in [-0.05, 0) is 65.8 Å². The van der Waals surface area contributed by atoms with Gasteiger partial charge >= 0.3 is 0 Å². The molecule has 1 aliphatic carbocycles. The lowest BCUT2D eigenvalue weighted by Gasteiger charge is -2.21. The van der Waals surface area contributed by atoms with Crippen LogP contribution in [0.5, 0.6) is 5.75 Å². The molecular weight excluding hydrogens is 441 g/mol.